The highest BCUT2D eigenvalue weighted by molar-refractivity contribution is 7.92. The molecule has 0 atom stereocenters. The number of fused-ring (bicyclic) bond motifs is 1. The molecule has 0 unspecified atom stereocenters. The molecule has 3 aromatic carbocycles. The average Bonchev–Trinajstić information content (AvgIpc) is 2.68. The molecule has 0 spiro atoms. The molecule has 1 aromatic heterocycles. The van der Waals surface area contributed by atoms with Gasteiger partial charge in [-0.1, -0.05) is 30.3 Å². The van der Waals surface area contributed by atoms with E-state index in [2.05, 4.69) is 4.72 Å². The zero-order valence-corrected chi connectivity index (χ0v) is 15.8. The van der Waals surface area contributed by atoms with Gasteiger partial charge in [-0.15, -0.1) is 0 Å². The first-order valence-corrected chi connectivity index (χ1v) is 10.5. The van der Waals surface area contributed by atoms with Crippen molar-refractivity contribution in [2.75, 3.05) is 11.0 Å². The molecular formula is C21H17N3O3S. The van der Waals surface area contributed by atoms with Crippen LogP contribution in [-0.2, 0) is 10.0 Å². The number of para-hydroxylation sites is 2. The second-order valence-electron chi connectivity index (χ2n) is 6.38. The smallest absolute Gasteiger partial charge is 0.266 e. The highest BCUT2D eigenvalue weighted by atomic mass is 32.2. The van der Waals surface area contributed by atoms with E-state index in [0.29, 0.717) is 33.7 Å². The third-order valence-electron chi connectivity index (χ3n) is 4.24. The Hall–Kier alpha value is -3.45. The molecule has 0 aliphatic carbocycles. The Kier molecular flexibility index (Phi) is 4.44. The number of aromatic nitrogens is 2. The predicted molar refractivity (Wildman–Crippen MR) is 111 cm³/mol. The average molecular weight is 391 g/mol. The Morgan fingerprint density at radius 3 is 2.18 bits per heavy atom. The quantitative estimate of drug-likeness (QED) is 0.578. The zero-order valence-electron chi connectivity index (χ0n) is 15.0. The van der Waals surface area contributed by atoms with Crippen molar-refractivity contribution >= 4 is 26.6 Å². The first-order valence-electron chi connectivity index (χ1n) is 8.58. The number of hydrogen-bond donors (Lipinski definition) is 1. The topological polar surface area (TPSA) is 81.1 Å². The summed E-state index contributed by atoms with van der Waals surface area (Å²) >= 11 is 0. The second kappa shape index (κ2) is 6.94. The lowest BCUT2D eigenvalue weighted by molar-refractivity contribution is 0.607. The number of hydrogen-bond acceptors (Lipinski definition) is 4. The van der Waals surface area contributed by atoms with Gasteiger partial charge in [0.05, 0.1) is 22.8 Å². The maximum atomic E-state index is 13.2. The SMILES string of the molecule is CS(=O)(=O)Nc1ccc(-c2nc3ccccc3c(=O)n2-c2ccccc2)cc1. The molecule has 0 bridgehead atoms. The Balaban J connectivity index is 1.94. The Labute approximate surface area is 162 Å². The normalized spacial score (nSPS) is 11.5. The van der Waals surface area contributed by atoms with Crippen molar-refractivity contribution in [1.82, 2.24) is 9.55 Å². The molecule has 4 aromatic rings. The molecule has 0 saturated carbocycles. The number of anilines is 1. The number of rotatable bonds is 4. The summed E-state index contributed by atoms with van der Waals surface area (Å²) in [7, 11) is -3.36. The van der Waals surface area contributed by atoms with Crippen molar-refractivity contribution in [3.8, 4) is 17.1 Å². The largest absolute Gasteiger partial charge is 0.284 e. The van der Waals surface area contributed by atoms with Gasteiger partial charge < -0.3 is 0 Å². The summed E-state index contributed by atoms with van der Waals surface area (Å²) in [6.07, 6.45) is 1.10. The van der Waals surface area contributed by atoms with Gasteiger partial charge in [-0.2, -0.15) is 0 Å². The van der Waals surface area contributed by atoms with Gasteiger partial charge in [0.1, 0.15) is 5.82 Å². The lowest BCUT2D eigenvalue weighted by atomic mass is 10.1. The van der Waals surface area contributed by atoms with Crippen LogP contribution in [0.4, 0.5) is 5.69 Å². The van der Waals surface area contributed by atoms with E-state index in [4.69, 9.17) is 4.98 Å². The Morgan fingerprint density at radius 1 is 0.857 bits per heavy atom. The molecule has 1 N–H and O–H groups in total. The fourth-order valence-corrected chi connectivity index (χ4v) is 3.61. The second-order valence-corrected chi connectivity index (χ2v) is 8.13. The van der Waals surface area contributed by atoms with Gasteiger partial charge in [-0.05, 0) is 48.5 Å². The minimum atomic E-state index is -3.36. The van der Waals surface area contributed by atoms with E-state index in [1.165, 1.54) is 0 Å². The van der Waals surface area contributed by atoms with E-state index in [1.54, 1.807) is 41.0 Å². The molecule has 0 radical (unpaired) electrons. The summed E-state index contributed by atoms with van der Waals surface area (Å²) in [5.74, 6) is 0.487. The molecule has 0 aliphatic heterocycles. The predicted octanol–water partition coefficient (Wildman–Crippen LogP) is 3.42. The van der Waals surface area contributed by atoms with E-state index < -0.39 is 10.0 Å². The van der Waals surface area contributed by atoms with Gasteiger partial charge in [0, 0.05) is 11.3 Å². The van der Waals surface area contributed by atoms with Crippen LogP contribution >= 0.6 is 0 Å². The van der Waals surface area contributed by atoms with Crippen molar-refractivity contribution < 1.29 is 8.42 Å². The van der Waals surface area contributed by atoms with Crippen LogP contribution in [0.25, 0.3) is 28.0 Å². The van der Waals surface area contributed by atoms with Gasteiger partial charge in [0.25, 0.3) is 5.56 Å². The minimum Gasteiger partial charge on any atom is -0.284 e. The number of sulfonamides is 1. The molecule has 0 amide bonds. The molecule has 6 nitrogen and oxygen atoms in total. The molecule has 7 heteroatoms. The minimum absolute atomic E-state index is 0.162. The first kappa shape index (κ1) is 17.9. The van der Waals surface area contributed by atoms with Gasteiger partial charge in [-0.3, -0.25) is 14.1 Å². The van der Waals surface area contributed by atoms with Crippen molar-refractivity contribution in [3.05, 3.63) is 89.2 Å². The standard InChI is InChI=1S/C21H17N3O3S/c1-28(26,27)23-16-13-11-15(12-14-16)20-22-19-10-6-5-9-18(19)21(25)24(20)17-7-3-2-4-8-17/h2-14,23H,1H3. The van der Waals surface area contributed by atoms with Gasteiger partial charge >= 0.3 is 0 Å². The molecular weight excluding hydrogens is 374 g/mol. The highest BCUT2D eigenvalue weighted by Gasteiger charge is 2.14. The van der Waals surface area contributed by atoms with Crippen LogP contribution in [0.1, 0.15) is 0 Å². The van der Waals surface area contributed by atoms with Crippen molar-refractivity contribution in [2.45, 2.75) is 0 Å². The summed E-state index contributed by atoms with van der Waals surface area (Å²) in [5.41, 5.74) is 2.30. The van der Waals surface area contributed by atoms with Crippen LogP contribution in [-0.4, -0.2) is 24.2 Å². The molecule has 4 rings (SSSR count). The Bertz CT molecular complexity index is 1310. The summed E-state index contributed by atoms with van der Waals surface area (Å²) in [6.45, 7) is 0. The maximum absolute atomic E-state index is 13.2. The third kappa shape index (κ3) is 3.52. The van der Waals surface area contributed by atoms with Gasteiger partial charge in [0.2, 0.25) is 10.0 Å². The van der Waals surface area contributed by atoms with Crippen LogP contribution in [0.3, 0.4) is 0 Å². The van der Waals surface area contributed by atoms with Crippen LogP contribution in [0.5, 0.6) is 0 Å². The Morgan fingerprint density at radius 2 is 1.50 bits per heavy atom. The van der Waals surface area contributed by atoms with E-state index in [9.17, 15) is 13.2 Å². The lowest BCUT2D eigenvalue weighted by Gasteiger charge is -2.14. The van der Waals surface area contributed by atoms with Crippen LogP contribution in [0.15, 0.2) is 83.7 Å². The van der Waals surface area contributed by atoms with Crippen LogP contribution in [0.2, 0.25) is 0 Å². The van der Waals surface area contributed by atoms with E-state index in [1.807, 2.05) is 42.5 Å². The lowest BCUT2D eigenvalue weighted by Crippen LogP contribution is -2.21. The molecule has 28 heavy (non-hydrogen) atoms. The van der Waals surface area contributed by atoms with Crippen molar-refractivity contribution in [3.63, 3.8) is 0 Å². The van der Waals surface area contributed by atoms with Crippen LogP contribution in [0, 0.1) is 0 Å². The number of nitrogens with zero attached hydrogens (tertiary/aromatic N) is 2. The van der Waals surface area contributed by atoms with Gasteiger partial charge in [0.15, 0.2) is 0 Å². The fraction of sp³-hybridized carbons (Fsp3) is 0.0476. The molecule has 0 saturated heterocycles. The van der Waals surface area contributed by atoms with E-state index in [-0.39, 0.29) is 5.56 Å². The van der Waals surface area contributed by atoms with E-state index >= 15 is 0 Å². The molecule has 0 fully saturated rings. The summed E-state index contributed by atoms with van der Waals surface area (Å²) in [6, 6.07) is 23.3. The van der Waals surface area contributed by atoms with Crippen molar-refractivity contribution in [2.24, 2.45) is 0 Å². The maximum Gasteiger partial charge on any atom is 0.266 e. The summed E-state index contributed by atoms with van der Waals surface area (Å²) in [4.78, 5) is 17.9. The zero-order chi connectivity index (χ0) is 19.7. The molecule has 1 heterocycles. The first-order chi connectivity index (χ1) is 13.4. The summed E-state index contributed by atoms with van der Waals surface area (Å²) in [5, 5.41) is 0.533. The fourth-order valence-electron chi connectivity index (χ4n) is 3.04. The number of benzene rings is 3. The van der Waals surface area contributed by atoms with Gasteiger partial charge in [-0.25, -0.2) is 13.4 Å². The van der Waals surface area contributed by atoms with E-state index in [0.717, 1.165) is 6.26 Å². The van der Waals surface area contributed by atoms with Crippen molar-refractivity contribution in [1.29, 1.82) is 0 Å². The van der Waals surface area contributed by atoms with Crippen LogP contribution < -0.4 is 10.3 Å². The third-order valence-corrected chi connectivity index (χ3v) is 4.84. The summed E-state index contributed by atoms with van der Waals surface area (Å²) < 4.78 is 26.8. The molecule has 0 aliphatic rings. The highest BCUT2D eigenvalue weighted by Crippen LogP contribution is 2.24. The molecule has 140 valence electrons. The monoisotopic (exact) mass is 391 g/mol. The number of nitrogens with one attached hydrogen (secondary N) is 1.